The lowest BCUT2D eigenvalue weighted by molar-refractivity contribution is 0.0586. The van der Waals surface area contributed by atoms with Gasteiger partial charge in [0.15, 0.2) is 0 Å². The molecule has 1 aromatic carbocycles. The average Bonchev–Trinajstić information content (AvgIpc) is 2.78. The van der Waals surface area contributed by atoms with Gasteiger partial charge in [-0.3, -0.25) is 4.79 Å². The van der Waals surface area contributed by atoms with Crippen LogP contribution in [0.15, 0.2) is 18.2 Å². The molecule has 3 fully saturated rings. The Hall–Kier alpha value is -2.57. The summed E-state index contributed by atoms with van der Waals surface area (Å²) in [5, 5.41) is 0. The van der Waals surface area contributed by atoms with Crippen LogP contribution in [-0.4, -0.2) is 76.4 Å². The number of hydrogen-bond acceptors (Lipinski definition) is 3. The van der Waals surface area contributed by atoms with Gasteiger partial charge in [0, 0.05) is 45.3 Å². The van der Waals surface area contributed by atoms with Crippen LogP contribution in [0.25, 0.3) is 11.0 Å². The molecule has 3 aliphatic rings. The molecular weight excluding hydrogens is 330 g/mol. The van der Waals surface area contributed by atoms with E-state index in [0.29, 0.717) is 18.0 Å². The molecular formula is C19H25N5O2. The Morgan fingerprint density at radius 1 is 1.19 bits per heavy atom. The van der Waals surface area contributed by atoms with E-state index >= 15 is 0 Å². The number of piperidine rings is 1. The van der Waals surface area contributed by atoms with Gasteiger partial charge in [0.25, 0.3) is 5.91 Å². The van der Waals surface area contributed by atoms with E-state index in [9.17, 15) is 9.59 Å². The van der Waals surface area contributed by atoms with Gasteiger partial charge in [-0.05, 0) is 43.9 Å². The van der Waals surface area contributed by atoms with Gasteiger partial charge in [-0.15, -0.1) is 0 Å². The first-order chi connectivity index (χ1) is 12.4. The standard InChI is InChI=1S/C19H25N5O2/c1-12-20-16-7-5-14(8-17(16)21-12)18(25)24-10-13-4-6-15(24)11-23(9-13)19(26)22(2)3/h5,7-8,13,15H,4,6,9-11H2,1-3H3,(H,20,21)/t13-,15+/m1/s1. The predicted octanol–water partition coefficient (Wildman–Crippen LogP) is 2.09. The van der Waals surface area contributed by atoms with Crippen molar-refractivity contribution >= 4 is 23.0 Å². The second-order valence-corrected chi connectivity index (χ2v) is 7.69. The van der Waals surface area contributed by atoms with Gasteiger partial charge in [0.05, 0.1) is 11.0 Å². The number of rotatable bonds is 1. The van der Waals surface area contributed by atoms with E-state index in [4.69, 9.17) is 0 Å². The highest BCUT2D eigenvalue weighted by Crippen LogP contribution is 2.30. The Kier molecular flexibility index (Phi) is 4.09. The molecule has 2 aromatic rings. The number of aromatic amines is 1. The van der Waals surface area contributed by atoms with Crippen molar-refractivity contribution in [2.75, 3.05) is 33.7 Å². The first-order valence-corrected chi connectivity index (χ1v) is 9.16. The Morgan fingerprint density at radius 2 is 2.00 bits per heavy atom. The molecule has 1 aromatic heterocycles. The fraction of sp³-hybridized carbons (Fsp3) is 0.526. The average molecular weight is 355 g/mol. The van der Waals surface area contributed by atoms with Crippen molar-refractivity contribution in [1.82, 2.24) is 24.7 Å². The number of imidazole rings is 1. The molecule has 4 heterocycles. The topological polar surface area (TPSA) is 72.5 Å². The summed E-state index contributed by atoms with van der Waals surface area (Å²) < 4.78 is 0. The highest BCUT2D eigenvalue weighted by Gasteiger charge is 2.39. The summed E-state index contributed by atoms with van der Waals surface area (Å²) in [4.78, 5) is 38.7. The number of carbonyl (C=O) groups excluding carboxylic acids is 2. The maximum Gasteiger partial charge on any atom is 0.319 e. The number of nitrogens with zero attached hydrogens (tertiary/aromatic N) is 4. The van der Waals surface area contributed by atoms with Crippen molar-refractivity contribution in [3.05, 3.63) is 29.6 Å². The normalized spacial score (nSPS) is 22.6. The number of nitrogens with one attached hydrogen (secondary N) is 1. The molecule has 0 spiro atoms. The van der Waals surface area contributed by atoms with Crippen LogP contribution in [0.4, 0.5) is 4.79 Å². The SMILES string of the molecule is Cc1nc2ccc(C(=O)N3C[C@@H]4CC[C@H]3CN(C(=O)N(C)C)C4)cc2[nH]1. The molecule has 5 rings (SSSR count). The van der Waals surface area contributed by atoms with Crippen molar-refractivity contribution in [1.29, 1.82) is 0 Å². The second-order valence-electron chi connectivity index (χ2n) is 7.69. The molecule has 7 heteroatoms. The molecule has 7 nitrogen and oxygen atoms in total. The zero-order chi connectivity index (χ0) is 18.4. The quantitative estimate of drug-likeness (QED) is 0.851. The molecule has 138 valence electrons. The Morgan fingerprint density at radius 3 is 2.77 bits per heavy atom. The van der Waals surface area contributed by atoms with Gasteiger partial charge in [-0.25, -0.2) is 9.78 Å². The van der Waals surface area contributed by atoms with E-state index in [1.807, 2.05) is 34.9 Å². The maximum atomic E-state index is 13.2. The number of aromatic nitrogens is 2. The van der Waals surface area contributed by atoms with Crippen molar-refractivity contribution in [3.8, 4) is 0 Å². The first kappa shape index (κ1) is 16.9. The fourth-order valence-electron chi connectivity index (χ4n) is 4.21. The number of amides is 3. The molecule has 0 aliphatic carbocycles. The highest BCUT2D eigenvalue weighted by molar-refractivity contribution is 5.97. The molecule has 26 heavy (non-hydrogen) atoms. The van der Waals surface area contributed by atoms with Gasteiger partial charge in [-0.2, -0.15) is 0 Å². The Labute approximate surface area is 153 Å². The Bertz CT molecular complexity index is 859. The number of aryl methyl sites for hydroxylation is 1. The summed E-state index contributed by atoms with van der Waals surface area (Å²) >= 11 is 0. The van der Waals surface area contributed by atoms with Gasteiger partial charge in [-0.1, -0.05) is 0 Å². The molecule has 3 saturated heterocycles. The number of hydrogen-bond donors (Lipinski definition) is 1. The van der Waals surface area contributed by atoms with E-state index in [1.165, 1.54) is 0 Å². The highest BCUT2D eigenvalue weighted by atomic mass is 16.2. The monoisotopic (exact) mass is 355 g/mol. The number of urea groups is 1. The number of carbonyl (C=O) groups is 2. The summed E-state index contributed by atoms with van der Waals surface area (Å²) in [5.41, 5.74) is 2.44. The fourth-order valence-corrected chi connectivity index (χ4v) is 4.21. The summed E-state index contributed by atoms with van der Waals surface area (Å²) in [6, 6.07) is 5.75. The van der Waals surface area contributed by atoms with Crippen LogP contribution in [0.1, 0.15) is 29.0 Å². The van der Waals surface area contributed by atoms with Crippen LogP contribution < -0.4 is 0 Å². The van der Waals surface area contributed by atoms with Crippen LogP contribution >= 0.6 is 0 Å². The minimum absolute atomic E-state index is 0.0329. The molecule has 3 aliphatic heterocycles. The summed E-state index contributed by atoms with van der Waals surface area (Å²) in [5.74, 6) is 1.24. The van der Waals surface area contributed by atoms with Crippen molar-refractivity contribution in [3.63, 3.8) is 0 Å². The van der Waals surface area contributed by atoms with Gasteiger partial charge >= 0.3 is 6.03 Å². The molecule has 0 saturated carbocycles. The third kappa shape index (κ3) is 2.91. The van der Waals surface area contributed by atoms with Gasteiger partial charge < -0.3 is 19.7 Å². The van der Waals surface area contributed by atoms with Crippen LogP contribution in [-0.2, 0) is 0 Å². The molecule has 0 unspecified atom stereocenters. The summed E-state index contributed by atoms with van der Waals surface area (Å²) in [6.45, 7) is 3.98. The zero-order valence-electron chi connectivity index (χ0n) is 15.5. The van der Waals surface area contributed by atoms with E-state index in [-0.39, 0.29) is 18.0 Å². The molecule has 0 radical (unpaired) electrons. The zero-order valence-corrected chi connectivity index (χ0v) is 15.5. The van der Waals surface area contributed by atoms with E-state index in [0.717, 1.165) is 42.8 Å². The molecule has 2 bridgehead atoms. The van der Waals surface area contributed by atoms with Crippen molar-refractivity contribution < 1.29 is 9.59 Å². The maximum absolute atomic E-state index is 13.2. The summed E-state index contributed by atoms with van der Waals surface area (Å²) in [6.07, 6.45) is 2.03. The van der Waals surface area contributed by atoms with Crippen LogP contribution in [0, 0.1) is 12.8 Å². The molecule has 1 N–H and O–H groups in total. The van der Waals surface area contributed by atoms with E-state index in [2.05, 4.69) is 9.97 Å². The lowest BCUT2D eigenvalue weighted by Gasteiger charge is -2.36. The summed E-state index contributed by atoms with van der Waals surface area (Å²) in [7, 11) is 3.55. The van der Waals surface area contributed by atoms with Crippen molar-refractivity contribution in [2.24, 2.45) is 5.92 Å². The first-order valence-electron chi connectivity index (χ1n) is 9.16. The Balaban J connectivity index is 1.58. The minimum Gasteiger partial charge on any atom is -0.342 e. The van der Waals surface area contributed by atoms with Crippen LogP contribution in [0.2, 0.25) is 0 Å². The predicted molar refractivity (Wildman–Crippen MR) is 99.0 cm³/mol. The number of benzene rings is 1. The third-order valence-corrected chi connectivity index (χ3v) is 5.47. The van der Waals surface area contributed by atoms with E-state index in [1.54, 1.807) is 19.0 Å². The second kappa shape index (κ2) is 6.30. The van der Waals surface area contributed by atoms with Crippen LogP contribution in [0.3, 0.4) is 0 Å². The minimum atomic E-state index is 0.0329. The smallest absolute Gasteiger partial charge is 0.319 e. The number of fused-ring (bicyclic) bond motifs is 5. The lowest BCUT2D eigenvalue weighted by Crippen LogP contribution is -2.48. The van der Waals surface area contributed by atoms with E-state index < -0.39 is 0 Å². The lowest BCUT2D eigenvalue weighted by atomic mass is 9.94. The third-order valence-electron chi connectivity index (χ3n) is 5.47. The largest absolute Gasteiger partial charge is 0.342 e. The molecule has 2 atom stereocenters. The number of H-pyrrole nitrogens is 1. The van der Waals surface area contributed by atoms with Gasteiger partial charge in [0.2, 0.25) is 0 Å². The van der Waals surface area contributed by atoms with Crippen LogP contribution in [0.5, 0.6) is 0 Å². The van der Waals surface area contributed by atoms with Gasteiger partial charge in [0.1, 0.15) is 5.82 Å². The van der Waals surface area contributed by atoms with Crippen molar-refractivity contribution in [2.45, 2.75) is 25.8 Å². The molecule has 3 amide bonds.